The largest absolute Gasteiger partial charge is 0.482 e. The van der Waals surface area contributed by atoms with Gasteiger partial charge < -0.3 is 4.74 Å². The molecular weight excluding hydrogens is 385 g/mol. The van der Waals surface area contributed by atoms with E-state index in [-0.39, 0.29) is 12.2 Å². The first-order valence-corrected chi connectivity index (χ1v) is 8.79. The van der Waals surface area contributed by atoms with Crippen LogP contribution in [0, 0.1) is 13.8 Å². The van der Waals surface area contributed by atoms with Gasteiger partial charge in [0.15, 0.2) is 6.61 Å². The van der Waals surface area contributed by atoms with Crippen molar-refractivity contribution in [1.82, 2.24) is 9.66 Å². The summed E-state index contributed by atoms with van der Waals surface area (Å²) in [4.78, 5) is 30.4. The van der Waals surface area contributed by atoms with Crippen molar-refractivity contribution in [2.75, 3.05) is 12.0 Å². The van der Waals surface area contributed by atoms with Gasteiger partial charge in [-0.1, -0.05) is 23.2 Å². The number of carbonyl (C=O) groups excluding carboxylic acids is 1. The predicted octanol–water partition coefficient (Wildman–Crippen LogP) is 3.53. The second-order valence-electron chi connectivity index (χ2n) is 5.28. The number of thiophene rings is 1. The molecule has 1 aromatic carbocycles. The molecule has 2 heterocycles. The number of benzene rings is 1. The topological polar surface area (TPSA) is 73.2 Å². The van der Waals surface area contributed by atoms with E-state index in [1.807, 2.05) is 13.8 Å². The van der Waals surface area contributed by atoms with Crippen LogP contribution in [0.4, 0.5) is 0 Å². The van der Waals surface area contributed by atoms with Gasteiger partial charge in [-0.3, -0.25) is 15.0 Å². The quantitative estimate of drug-likeness (QED) is 0.730. The van der Waals surface area contributed by atoms with Crippen LogP contribution in [0.5, 0.6) is 5.75 Å². The maximum atomic E-state index is 12.5. The number of rotatable bonds is 4. The normalized spacial score (nSPS) is 10.9. The molecule has 0 spiro atoms. The van der Waals surface area contributed by atoms with Gasteiger partial charge in [0.1, 0.15) is 16.9 Å². The molecule has 0 unspecified atom stereocenters. The van der Waals surface area contributed by atoms with Gasteiger partial charge in [0.05, 0.1) is 10.4 Å². The van der Waals surface area contributed by atoms with Crippen molar-refractivity contribution in [2.45, 2.75) is 13.8 Å². The summed E-state index contributed by atoms with van der Waals surface area (Å²) in [6, 6.07) is 4.68. The maximum absolute atomic E-state index is 12.5. The number of ether oxygens (including phenoxy) is 1. The lowest BCUT2D eigenvalue weighted by Crippen LogP contribution is -2.35. The summed E-state index contributed by atoms with van der Waals surface area (Å²) >= 11 is 13.2. The monoisotopic (exact) mass is 397 g/mol. The highest BCUT2D eigenvalue weighted by Crippen LogP contribution is 2.27. The van der Waals surface area contributed by atoms with Gasteiger partial charge in [0.25, 0.3) is 11.5 Å². The SMILES string of the molecule is Cc1sc2ncn(NC(=O)COc3ccc(Cl)cc3Cl)c(=O)c2c1C. The molecule has 6 nitrogen and oxygen atoms in total. The summed E-state index contributed by atoms with van der Waals surface area (Å²) in [5.41, 5.74) is 2.99. The fourth-order valence-electron chi connectivity index (χ4n) is 2.22. The molecule has 0 aliphatic heterocycles. The third-order valence-electron chi connectivity index (χ3n) is 3.59. The predicted molar refractivity (Wildman–Crippen MR) is 99.7 cm³/mol. The van der Waals surface area contributed by atoms with E-state index in [1.54, 1.807) is 12.1 Å². The molecule has 0 aliphatic carbocycles. The first-order valence-electron chi connectivity index (χ1n) is 7.22. The number of halogens is 2. The van der Waals surface area contributed by atoms with Crippen LogP contribution < -0.4 is 15.7 Å². The van der Waals surface area contributed by atoms with Gasteiger partial charge in [-0.25, -0.2) is 9.66 Å². The first-order chi connectivity index (χ1) is 11.9. The van der Waals surface area contributed by atoms with Gasteiger partial charge in [-0.05, 0) is 37.6 Å². The van der Waals surface area contributed by atoms with Crippen LogP contribution in [0.25, 0.3) is 10.2 Å². The molecule has 130 valence electrons. The van der Waals surface area contributed by atoms with Crippen LogP contribution in [0.3, 0.4) is 0 Å². The highest BCUT2D eigenvalue weighted by atomic mass is 35.5. The van der Waals surface area contributed by atoms with Crippen LogP contribution in [0.2, 0.25) is 10.0 Å². The fourth-order valence-corrected chi connectivity index (χ4v) is 3.67. The third-order valence-corrected chi connectivity index (χ3v) is 5.23. The van der Waals surface area contributed by atoms with E-state index in [4.69, 9.17) is 27.9 Å². The molecule has 0 atom stereocenters. The lowest BCUT2D eigenvalue weighted by molar-refractivity contribution is -0.119. The molecule has 25 heavy (non-hydrogen) atoms. The Hall–Kier alpha value is -2.09. The molecular formula is C16H13Cl2N3O3S. The van der Waals surface area contributed by atoms with E-state index in [1.165, 1.54) is 23.7 Å². The highest BCUT2D eigenvalue weighted by Gasteiger charge is 2.14. The molecule has 1 N–H and O–H groups in total. The van der Waals surface area contributed by atoms with Crippen molar-refractivity contribution >= 4 is 50.7 Å². The lowest BCUT2D eigenvalue weighted by Gasteiger charge is -2.10. The van der Waals surface area contributed by atoms with Crippen molar-refractivity contribution < 1.29 is 9.53 Å². The summed E-state index contributed by atoms with van der Waals surface area (Å²) in [6.45, 7) is 3.47. The number of fused-ring (bicyclic) bond motifs is 1. The smallest absolute Gasteiger partial charge is 0.281 e. The lowest BCUT2D eigenvalue weighted by atomic mass is 10.2. The number of hydrogen-bond acceptors (Lipinski definition) is 5. The van der Waals surface area contributed by atoms with Gasteiger partial charge in [0.2, 0.25) is 0 Å². The van der Waals surface area contributed by atoms with E-state index in [0.717, 1.165) is 15.1 Å². The van der Waals surface area contributed by atoms with Crippen molar-refractivity contribution in [2.24, 2.45) is 0 Å². The number of nitrogens with one attached hydrogen (secondary N) is 1. The van der Waals surface area contributed by atoms with Crippen LogP contribution in [0.1, 0.15) is 10.4 Å². The van der Waals surface area contributed by atoms with Gasteiger partial charge in [0, 0.05) is 9.90 Å². The van der Waals surface area contributed by atoms with Crippen molar-refractivity contribution in [1.29, 1.82) is 0 Å². The van der Waals surface area contributed by atoms with E-state index in [0.29, 0.717) is 26.0 Å². The molecule has 1 amide bonds. The van der Waals surface area contributed by atoms with Crippen molar-refractivity contribution in [3.63, 3.8) is 0 Å². The minimum Gasteiger partial charge on any atom is -0.482 e. The molecule has 0 aliphatic rings. The molecule has 3 rings (SSSR count). The van der Waals surface area contributed by atoms with Gasteiger partial charge in [-0.2, -0.15) is 0 Å². The van der Waals surface area contributed by atoms with Gasteiger partial charge in [-0.15, -0.1) is 11.3 Å². The zero-order valence-corrected chi connectivity index (χ0v) is 15.6. The summed E-state index contributed by atoms with van der Waals surface area (Å²) in [5, 5.41) is 1.27. The van der Waals surface area contributed by atoms with Crippen LogP contribution in [-0.2, 0) is 4.79 Å². The highest BCUT2D eigenvalue weighted by molar-refractivity contribution is 7.18. The molecule has 0 radical (unpaired) electrons. The summed E-state index contributed by atoms with van der Waals surface area (Å²) in [7, 11) is 0. The molecule has 3 aromatic rings. The summed E-state index contributed by atoms with van der Waals surface area (Å²) < 4.78 is 6.40. The Balaban J connectivity index is 1.75. The van der Waals surface area contributed by atoms with Crippen LogP contribution in [0.15, 0.2) is 29.3 Å². The minimum atomic E-state index is -0.515. The third kappa shape index (κ3) is 3.63. The minimum absolute atomic E-state index is 0.296. The van der Waals surface area contributed by atoms with Crippen molar-refractivity contribution in [3.8, 4) is 5.75 Å². The Kier molecular flexibility index (Phi) is 4.99. The first kappa shape index (κ1) is 17.7. The Morgan fingerprint density at radius 2 is 2.12 bits per heavy atom. The standard InChI is InChI=1S/C16H13Cl2N3O3S/c1-8-9(2)25-15-14(8)16(23)21(7-19-15)20-13(22)6-24-12-4-3-10(17)5-11(12)18/h3-5,7H,6H2,1-2H3,(H,20,22). The van der Waals surface area contributed by atoms with E-state index in [9.17, 15) is 9.59 Å². The maximum Gasteiger partial charge on any atom is 0.281 e. The van der Waals surface area contributed by atoms with E-state index in [2.05, 4.69) is 10.4 Å². The number of nitrogens with zero attached hydrogens (tertiary/aromatic N) is 2. The molecule has 0 bridgehead atoms. The summed E-state index contributed by atoms with van der Waals surface area (Å²) in [5.74, 6) is -0.190. The second-order valence-corrected chi connectivity index (χ2v) is 7.33. The Labute approximate surface area is 156 Å². The molecule has 2 aromatic heterocycles. The average molecular weight is 398 g/mol. The zero-order chi connectivity index (χ0) is 18.1. The Bertz CT molecular complexity index is 1030. The number of amides is 1. The number of carbonyl (C=O) groups is 1. The van der Waals surface area contributed by atoms with Gasteiger partial charge >= 0.3 is 0 Å². The van der Waals surface area contributed by atoms with Crippen molar-refractivity contribution in [3.05, 3.63) is 55.4 Å². The molecule has 0 saturated heterocycles. The molecule has 9 heteroatoms. The second kappa shape index (κ2) is 7.03. The summed E-state index contributed by atoms with van der Waals surface area (Å²) in [6.07, 6.45) is 1.28. The Morgan fingerprint density at radius 1 is 1.36 bits per heavy atom. The van der Waals surface area contributed by atoms with Crippen LogP contribution >= 0.6 is 34.5 Å². The van der Waals surface area contributed by atoms with E-state index < -0.39 is 5.91 Å². The number of hydrogen-bond donors (Lipinski definition) is 1. The zero-order valence-electron chi connectivity index (χ0n) is 13.3. The van der Waals surface area contributed by atoms with Crippen LogP contribution in [-0.4, -0.2) is 22.2 Å². The number of aryl methyl sites for hydroxylation is 2. The fraction of sp³-hybridized carbons (Fsp3) is 0.188. The molecule has 0 saturated carbocycles. The average Bonchev–Trinajstić information content (AvgIpc) is 2.85. The number of aromatic nitrogens is 2. The molecule has 0 fully saturated rings. The Morgan fingerprint density at radius 3 is 2.84 bits per heavy atom. The van der Waals surface area contributed by atoms with E-state index >= 15 is 0 Å².